The highest BCUT2D eigenvalue weighted by molar-refractivity contribution is 9.10. The molecule has 0 fully saturated rings. The summed E-state index contributed by atoms with van der Waals surface area (Å²) < 4.78 is 6.32. The van der Waals surface area contributed by atoms with Crippen LogP contribution < -0.4 is 4.74 Å². The van der Waals surface area contributed by atoms with E-state index in [1.807, 2.05) is 57.2 Å². The molecular weight excluding hydrogens is 316 g/mol. The first-order valence-corrected chi connectivity index (χ1v) is 7.50. The third-order valence-corrected chi connectivity index (χ3v) is 4.08. The molecule has 20 heavy (non-hydrogen) atoms. The summed E-state index contributed by atoms with van der Waals surface area (Å²) in [5.74, 6) is 0.803. The zero-order chi connectivity index (χ0) is 14.7. The Morgan fingerprint density at radius 2 is 1.80 bits per heavy atom. The SMILES string of the molecule is CCOc1ccc(C(O)c2c(C)cccc2C)c(Br)c1. The molecular formula is C17H19BrO2. The van der Waals surface area contributed by atoms with Crippen molar-refractivity contribution in [3.8, 4) is 5.75 Å². The lowest BCUT2D eigenvalue weighted by atomic mass is 9.93. The van der Waals surface area contributed by atoms with Crippen molar-refractivity contribution >= 4 is 15.9 Å². The van der Waals surface area contributed by atoms with E-state index in [9.17, 15) is 5.11 Å². The Balaban J connectivity index is 2.41. The predicted molar refractivity (Wildman–Crippen MR) is 85.3 cm³/mol. The molecule has 0 spiro atoms. The molecule has 0 heterocycles. The molecule has 0 aliphatic rings. The summed E-state index contributed by atoms with van der Waals surface area (Å²) in [5.41, 5.74) is 4.01. The van der Waals surface area contributed by atoms with Crippen LogP contribution in [0, 0.1) is 13.8 Å². The van der Waals surface area contributed by atoms with Gasteiger partial charge in [-0.2, -0.15) is 0 Å². The summed E-state index contributed by atoms with van der Waals surface area (Å²) in [7, 11) is 0. The molecule has 0 saturated carbocycles. The highest BCUT2D eigenvalue weighted by atomic mass is 79.9. The third-order valence-electron chi connectivity index (χ3n) is 3.39. The molecule has 0 aliphatic carbocycles. The normalized spacial score (nSPS) is 12.2. The second-order valence-corrected chi connectivity index (χ2v) is 5.68. The largest absolute Gasteiger partial charge is 0.494 e. The van der Waals surface area contributed by atoms with Crippen molar-refractivity contribution in [1.29, 1.82) is 0 Å². The van der Waals surface area contributed by atoms with Gasteiger partial charge < -0.3 is 9.84 Å². The van der Waals surface area contributed by atoms with E-state index in [1.165, 1.54) is 0 Å². The fraction of sp³-hybridized carbons (Fsp3) is 0.294. The van der Waals surface area contributed by atoms with Gasteiger partial charge in [0.1, 0.15) is 11.9 Å². The maximum Gasteiger partial charge on any atom is 0.120 e. The highest BCUT2D eigenvalue weighted by Crippen LogP contribution is 2.34. The molecule has 0 saturated heterocycles. The van der Waals surface area contributed by atoms with E-state index >= 15 is 0 Å². The van der Waals surface area contributed by atoms with Crippen LogP contribution in [0.2, 0.25) is 0 Å². The van der Waals surface area contributed by atoms with Gasteiger partial charge in [0.2, 0.25) is 0 Å². The second kappa shape index (κ2) is 6.42. The van der Waals surface area contributed by atoms with Crippen molar-refractivity contribution in [2.75, 3.05) is 6.61 Å². The van der Waals surface area contributed by atoms with Crippen LogP contribution in [-0.2, 0) is 0 Å². The number of ether oxygens (including phenoxy) is 1. The summed E-state index contributed by atoms with van der Waals surface area (Å²) in [6, 6.07) is 11.7. The molecule has 0 radical (unpaired) electrons. The molecule has 0 aliphatic heterocycles. The summed E-state index contributed by atoms with van der Waals surface area (Å²) in [6.07, 6.45) is -0.638. The summed E-state index contributed by atoms with van der Waals surface area (Å²) >= 11 is 3.52. The molecule has 3 heteroatoms. The number of aliphatic hydroxyl groups excluding tert-OH is 1. The number of hydrogen-bond donors (Lipinski definition) is 1. The highest BCUT2D eigenvalue weighted by Gasteiger charge is 2.18. The van der Waals surface area contributed by atoms with Crippen LogP contribution in [0.25, 0.3) is 0 Å². The molecule has 2 rings (SSSR count). The van der Waals surface area contributed by atoms with E-state index in [0.29, 0.717) is 6.61 Å². The van der Waals surface area contributed by atoms with Crippen LogP contribution in [0.5, 0.6) is 5.75 Å². The minimum atomic E-state index is -0.638. The molecule has 1 atom stereocenters. The maximum absolute atomic E-state index is 10.7. The van der Waals surface area contributed by atoms with Crippen molar-refractivity contribution < 1.29 is 9.84 Å². The van der Waals surface area contributed by atoms with E-state index in [2.05, 4.69) is 15.9 Å². The van der Waals surface area contributed by atoms with Gasteiger partial charge in [-0.05, 0) is 55.2 Å². The van der Waals surface area contributed by atoms with Crippen LogP contribution in [0.3, 0.4) is 0 Å². The molecule has 0 aromatic heterocycles. The van der Waals surface area contributed by atoms with Gasteiger partial charge in [0, 0.05) is 4.47 Å². The monoisotopic (exact) mass is 334 g/mol. The van der Waals surface area contributed by atoms with Crippen LogP contribution >= 0.6 is 15.9 Å². The summed E-state index contributed by atoms with van der Waals surface area (Å²) in [5, 5.41) is 10.7. The average molecular weight is 335 g/mol. The van der Waals surface area contributed by atoms with Crippen LogP contribution in [0.1, 0.15) is 35.3 Å². The number of aryl methyl sites for hydroxylation is 2. The van der Waals surface area contributed by atoms with Crippen LogP contribution in [-0.4, -0.2) is 11.7 Å². The van der Waals surface area contributed by atoms with Gasteiger partial charge in [0.15, 0.2) is 0 Å². The lowest BCUT2D eigenvalue weighted by Crippen LogP contribution is -2.05. The molecule has 106 valence electrons. The van der Waals surface area contributed by atoms with Crippen LogP contribution in [0.4, 0.5) is 0 Å². The third kappa shape index (κ3) is 3.05. The smallest absolute Gasteiger partial charge is 0.120 e. The molecule has 0 bridgehead atoms. The van der Waals surface area contributed by atoms with Gasteiger partial charge >= 0.3 is 0 Å². The minimum Gasteiger partial charge on any atom is -0.494 e. The fourth-order valence-electron chi connectivity index (χ4n) is 2.40. The van der Waals surface area contributed by atoms with Gasteiger partial charge in [0.05, 0.1) is 6.61 Å². The zero-order valence-electron chi connectivity index (χ0n) is 12.0. The Morgan fingerprint density at radius 3 is 2.35 bits per heavy atom. The Kier molecular flexibility index (Phi) is 4.84. The Morgan fingerprint density at radius 1 is 1.15 bits per heavy atom. The topological polar surface area (TPSA) is 29.5 Å². The van der Waals surface area contributed by atoms with E-state index in [-0.39, 0.29) is 0 Å². The molecule has 1 unspecified atom stereocenters. The molecule has 2 nitrogen and oxygen atoms in total. The number of aliphatic hydroxyl groups is 1. The van der Waals surface area contributed by atoms with Gasteiger partial charge in [-0.15, -0.1) is 0 Å². The van der Waals surface area contributed by atoms with Gasteiger partial charge in [0.25, 0.3) is 0 Å². The lowest BCUT2D eigenvalue weighted by molar-refractivity contribution is 0.218. The standard InChI is InChI=1S/C17H19BrO2/c1-4-20-13-8-9-14(15(18)10-13)17(19)16-11(2)6-5-7-12(16)3/h5-10,17,19H,4H2,1-3H3. The predicted octanol–water partition coefficient (Wildman–Crippen LogP) is 4.55. The minimum absolute atomic E-state index is 0.630. The van der Waals surface area contributed by atoms with Crippen molar-refractivity contribution in [1.82, 2.24) is 0 Å². The molecule has 0 amide bonds. The molecule has 2 aromatic carbocycles. The maximum atomic E-state index is 10.7. The molecule has 1 N–H and O–H groups in total. The first-order valence-electron chi connectivity index (χ1n) is 6.71. The van der Waals surface area contributed by atoms with Gasteiger partial charge in [-0.25, -0.2) is 0 Å². The number of rotatable bonds is 4. The van der Waals surface area contributed by atoms with Crippen molar-refractivity contribution in [2.24, 2.45) is 0 Å². The van der Waals surface area contributed by atoms with Crippen LogP contribution in [0.15, 0.2) is 40.9 Å². The average Bonchev–Trinajstić information content (AvgIpc) is 2.38. The van der Waals surface area contributed by atoms with E-state index in [4.69, 9.17) is 4.74 Å². The van der Waals surface area contributed by atoms with E-state index < -0.39 is 6.10 Å². The van der Waals surface area contributed by atoms with E-state index in [1.54, 1.807) is 0 Å². The van der Waals surface area contributed by atoms with Gasteiger partial charge in [-0.3, -0.25) is 0 Å². The van der Waals surface area contributed by atoms with Crippen molar-refractivity contribution in [2.45, 2.75) is 26.9 Å². The first kappa shape index (κ1) is 15.1. The van der Waals surface area contributed by atoms with E-state index in [0.717, 1.165) is 32.5 Å². The fourth-order valence-corrected chi connectivity index (χ4v) is 2.97. The van der Waals surface area contributed by atoms with Crippen molar-refractivity contribution in [3.05, 3.63) is 63.1 Å². The van der Waals surface area contributed by atoms with Crippen molar-refractivity contribution in [3.63, 3.8) is 0 Å². The number of halogens is 1. The Labute approximate surface area is 128 Å². The van der Waals surface area contributed by atoms with Gasteiger partial charge in [-0.1, -0.05) is 40.2 Å². The first-order chi connectivity index (χ1) is 9.54. The lowest BCUT2D eigenvalue weighted by Gasteiger charge is -2.18. The Bertz CT molecular complexity index is 588. The number of hydrogen-bond acceptors (Lipinski definition) is 2. The molecule has 2 aromatic rings. The zero-order valence-corrected chi connectivity index (χ0v) is 13.6. The quantitative estimate of drug-likeness (QED) is 0.888. The summed E-state index contributed by atoms with van der Waals surface area (Å²) in [6.45, 7) is 6.63. The second-order valence-electron chi connectivity index (χ2n) is 4.82. The summed E-state index contributed by atoms with van der Waals surface area (Å²) in [4.78, 5) is 0. The Hall–Kier alpha value is -1.32. The number of benzene rings is 2.